The van der Waals surface area contributed by atoms with E-state index in [1.807, 2.05) is 0 Å². The first-order chi connectivity index (χ1) is 10.7. The predicted octanol–water partition coefficient (Wildman–Crippen LogP) is 1.58. The van der Waals surface area contributed by atoms with E-state index in [0.717, 1.165) is 26.1 Å². The molecule has 1 aromatic carbocycles. The minimum atomic E-state index is -0.397. The number of esters is 2. The topological polar surface area (TPSA) is 77.7 Å². The molecule has 2 aliphatic rings. The van der Waals surface area contributed by atoms with Gasteiger partial charge in [0.2, 0.25) is 0 Å². The molecule has 2 saturated heterocycles. The Bertz CT molecular complexity index is 481. The van der Waals surface area contributed by atoms with E-state index in [-0.39, 0.29) is 12.2 Å². The maximum absolute atomic E-state index is 11.8. The Labute approximate surface area is 128 Å². The summed E-state index contributed by atoms with van der Waals surface area (Å²) in [7, 11) is 0. The van der Waals surface area contributed by atoms with Crippen LogP contribution >= 0.6 is 0 Å². The van der Waals surface area contributed by atoms with E-state index in [4.69, 9.17) is 18.9 Å². The Morgan fingerprint density at radius 1 is 0.864 bits per heavy atom. The van der Waals surface area contributed by atoms with Gasteiger partial charge in [-0.25, -0.2) is 9.59 Å². The summed E-state index contributed by atoms with van der Waals surface area (Å²) in [4.78, 5) is 23.6. The SMILES string of the molecule is O=C(OCCC1CO1)c1ccc(C(=O)OCCC2CO2)cc1. The van der Waals surface area contributed by atoms with Crippen LogP contribution in [0.3, 0.4) is 0 Å². The fraction of sp³-hybridized carbons (Fsp3) is 0.500. The highest BCUT2D eigenvalue weighted by Gasteiger charge is 2.23. The van der Waals surface area contributed by atoms with Crippen molar-refractivity contribution in [3.8, 4) is 0 Å². The van der Waals surface area contributed by atoms with E-state index in [1.165, 1.54) is 0 Å². The lowest BCUT2D eigenvalue weighted by Crippen LogP contribution is -2.10. The van der Waals surface area contributed by atoms with E-state index in [9.17, 15) is 9.59 Å². The summed E-state index contributed by atoms with van der Waals surface area (Å²) in [6.45, 7) is 2.19. The molecule has 2 fully saturated rings. The minimum absolute atomic E-state index is 0.242. The van der Waals surface area contributed by atoms with Gasteiger partial charge in [-0.2, -0.15) is 0 Å². The second kappa shape index (κ2) is 6.89. The Morgan fingerprint density at radius 3 is 1.55 bits per heavy atom. The number of hydrogen-bond acceptors (Lipinski definition) is 6. The maximum Gasteiger partial charge on any atom is 0.338 e. The van der Waals surface area contributed by atoms with Crippen molar-refractivity contribution in [1.82, 2.24) is 0 Å². The maximum atomic E-state index is 11.8. The Kier molecular flexibility index (Phi) is 4.70. The van der Waals surface area contributed by atoms with Crippen LogP contribution in [0.2, 0.25) is 0 Å². The lowest BCUT2D eigenvalue weighted by Gasteiger charge is -2.06. The third-order valence-electron chi connectivity index (χ3n) is 3.51. The summed E-state index contributed by atoms with van der Waals surface area (Å²) in [5, 5.41) is 0. The largest absolute Gasteiger partial charge is 0.462 e. The summed E-state index contributed by atoms with van der Waals surface area (Å²) in [5.41, 5.74) is 0.833. The molecule has 118 valence electrons. The van der Waals surface area contributed by atoms with E-state index < -0.39 is 11.9 Å². The summed E-state index contributed by atoms with van der Waals surface area (Å²) in [6, 6.07) is 6.26. The zero-order chi connectivity index (χ0) is 15.4. The van der Waals surface area contributed by atoms with E-state index in [0.29, 0.717) is 24.3 Å². The Balaban J connectivity index is 1.43. The average molecular weight is 306 g/mol. The van der Waals surface area contributed by atoms with Gasteiger partial charge in [-0.1, -0.05) is 0 Å². The molecule has 0 radical (unpaired) electrons. The number of rotatable bonds is 8. The molecular formula is C16H18O6. The number of hydrogen-bond donors (Lipinski definition) is 0. The molecule has 6 heteroatoms. The van der Waals surface area contributed by atoms with E-state index in [1.54, 1.807) is 24.3 Å². The Hall–Kier alpha value is -1.92. The van der Waals surface area contributed by atoms with Gasteiger partial charge in [-0.15, -0.1) is 0 Å². The molecule has 0 spiro atoms. The molecular weight excluding hydrogens is 288 g/mol. The van der Waals surface area contributed by atoms with Crippen LogP contribution in [0.25, 0.3) is 0 Å². The molecule has 2 aliphatic heterocycles. The number of benzene rings is 1. The summed E-state index contributed by atoms with van der Waals surface area (Å²) in [5.74, 6) is -0.794. The van der Waals surface area contributed by atoms with E-state index >= 15 is 0 Å². The van der Waals surface area contributed by atoms with Gasteiger partial charge < -0.3 is 18.9 Å². The van der Waals surface area contributed by atoms with E-state index in [2.05, 4.69) is 0 Å². The summed E-state index contributed by atoms with van der Waals surface area (Å²) in [6.07, 6.45) is 1.93. The molecule has 3 rings (SSSR count). The van der Waals surface area contributed by atoms with Crippen LogP contribution in [0.5, 0.6) is 0 Å². The molecule has 0 saturated carbocycles. The standard InChI is InChI=1S/C16H18O6/c17-15(19-7-5-13-9-21-13)11-1-2-12(4-3-11)16(18)20-8-6-14-10-22-14/h1-4,13-14H,5-10H2. The van der Waals surface area contributed by atoms with Gasteiger partial charge in [0.1, 0.15) is 0 Å². The smallest absolute Gasteiger partial charge is 0.338 e. The second-order valence-electron chi connectivity index (χ2n) is 5.34. The van der Waals surface area contributed by atoms with Crippen molar-refractivity contribution in [2.75, 3.05) is 26.4 Å². The van der Waals surface area contributed by atoms with Crippen LogP contribution in [0.1, 0.15) is 33.6 Å². The molecule has 2 heterocycles. The quantitative estimate of drug-likeness (QED) is 0.536. The summed E-state index contributed by atoms with van der Waals surface area (Å²) >= 11 is 0. The molecule has 0 aromatic heterocycles. The zero-order valence-electron chi connectivity index (χ0n) is 12.2. The lowest BCUT2D eigenvalue weighted by atomic mass is 10.1. The van der Waals surface area contributed by atoms with Crippen LogP contribution < -0.4 is 0 Å². The number of carbonyl (C=O) groups excluding carboxylic acids is 2. The molecule has 0 amide bonds. The normalized spacial score (nSPS) is 22.0. The monoisotopic (exact) mass is 306 g/mol. The first-order valence-electron chi connectivity index (χ1n) is 7.40. The van der Waals surface area contributed by atoms with Crippen molar-refractivity contribution in [2.24, 2.45) is 0 Å². The first-order valence-corrected chi connectivity index (χ1v) is 7.40. The first kappa shape index (κ1) is 15.0. The minimum Gasteiger partial charge on any atom is -0.462 e. The van der Waals surface area contributed by atoms with Crippen molar-refractivity contribution in [3.63, 3.8) is 0 Å². The third kappa shape index (κ3) is 4.54. The van der Waals surface area contributed by atoms with Crippen LogP contribution in [-0.2, 0) is 18.9 Å². The van der Waals surface area contributed by atoms with Crippen LogP contribution in [0.15, 0.2) is 24.3 Å². The van der Waals surface area contributed by atoms with Gasteiger partial charge in [-0.3, -0.25) is 0 Å². The second-order valence-corrected chi connectivity index (χ2v) is 5.34. The lowest BCUT2D eigenvalue weighted by molar-refractivity contribution is 0.0478. The molecule has 2 atom stereocenters. The van der Waals surface area contributed by atoms with Gasteiger partial charge in [-0.05, 0) is 24.3 Å². The van der Waals surface area contributed by atoms with Crippen molar-refractivity contribution < 1.29 is 28.5 Å². The van der Waals surface area contributed by atoms with Crippen molar-refractivity contribution in [2.45, 2.75) is 25.0 Å². The van der Waals surface area contributed by atoms with Crippen LogP contribution in [0.4, 0.5) is 0 Å². The highest BCUT2D eigenvalue weighted by atomic mass is 16.6. The van der Waals surface area contributed by atoms with Crippen LogP contribution in [-0.4, -0.2) is 50.6 Å². The molecule has 22 heavy (non-hydrogen) atoms. The van der Waals surface area contributed by atoms with Gasteiger partial charge in [0.25, 0.3) is 0 Å². The number of ether oxygens (including phenoxy) is 4. The van der Waals surface area contributed by atoms with Crippen molar-refractivity contribution >= 4 is 11.9 Å². The fourth-order valence-corrected chi connectivity index (χ4v) is 1.94. The fourth-order valence-electron chi connectivity index (χ4n) is 1.94. The summed E-state index contributed by atoms with van der Waals surface area (Å²) < 4.78 is 20.3. The highest BCUT2D eigenvalue weighted by Crippen LogP contribution is 2.15. The predicted molar refractivity (Wildman–Crippen MR) is 75.7 cm³/mol. The molecule has 2 unspecified atom stereocenters. The zero-order valence-corrected chi connectivity index (χ0v) is 12.2. The van der Waals surface area contributed by atoms with Crippen LogP contribution in [0, 0.1) is 0 Å². The van der Waals surface area contributed by atoms with Gasteiger partial charge in [0.05, 0.1) is 49.8 Å². The number of epoxide rings is 2. The molecule has 6 nitrogen and oxygen atoms in total. The third-order valence-corrected chi connectivity index (χ3v) is 3.51. The van der Waals surface area contributed by atoms with Gasteiger partial charge >= 0.3 is 11.9 Å². The number of carbonyl (C=O) groups is 2. The molecule has 1 aromatic rings. The van der Waals surface area contributed by atoms with Gasteiger partial charge in [0.15, 0.2) is 0 Å². The highest BCUT2D eigenvalue weighted by molar-refractivity contribution is 5.93. The van der Waals surface area contributed by atoms with Crippen molar-refractivity contribution in [3.05, 3.63) is 35.4 Å². The molecule has 0 bridgehead atoms. The average Bonchev–Trinajstić information content (AvgIpc) is 3.42. The Morgan fingerprint density at radius 2 is 1.23 bits per heavy atom. The van der Waals surface area contributed by atoms with Gasteiger partial charge in [0, 0.05) is 12.8 Å². The molecule has 0 aliphatic carbocycles. The van der Waals surface area contributed by atoms with Crippen molar-refractivity contribution in [1.29, 1.82) is 0 Å². The molecule has 0 N–H and O–H groups in total.